The molecule has 2 atom stereocenters. The lowest BCUT2D eigenvalue weighted by atomic mass is 9.82. The van der Waals surface area contributed by atoms with Crippen molar-refractivity contribution in [2.45, 2.75) is 18.9 Å². The van der Waals surface area contributed by atoms with E-state index in [-0.39, 0.29) is 0 Å². The van der Waals surface area contributed by atoms with Crippen molar-refractivity contribution in [1.82, 2.24) is 15.1 Å². The highest BCUT2D eigenvalue weighted by molar-refractivity contribution is 6.30. The molecule has 2 N–H and O–H groups in total. The smallest absolute Gasteiger partial charge is 0.251 e. The molecule has 1 aliphatic rings. The maximum absolute atomic E-state index is 14.0. The van der Waals surface area contributed by atoms with Gasteiger partial charge in [0.25, 0.3) is 5.91 Å². The summed E-state index contributed by atoms with van der Waals surface area (Å²) in [6, 6.07) is 11.5. The molecule has 0 saturated carbocycles. The summed E-state index contributed by atoms with van der Waals surface area (Å²) in [5.74, 6) is -1.28. The third kappa shape index (κ3) is 3.49. The zero-order valence-electron chi connectivity index (χ0n) is 15.7. The Balaban J connectivity index is 1.78. The molecule has 2 aromatic carbocycles. The molecule has 4 rings (SSSR count). The standard InChI is InChI=1S/C21H18ClFN4O2/c1-11-16-17(13-4-3-5-15(23)10-13)18(21(29)25-19(16)27(2)26-11)24-20(28)12-6-8-14(22)9-7-12/h3-10,17-18H,1-2H3,(H,24,28)(H,25,29). The number of fused-ring (bicyclic) bond motifs is 1. The fraction of sp³-hybridized carbons (Fsp3) is 0.190. The van der Waals surface area contributed by atoms with Gasteiger partial charge in [0.2, 0.25) is 5.91 Å². The van der Waals surface area contributed by atoms with E-state index in [9.17, 15) is 14.0 Å². The second-order valence-electron chi connectivity index (χ2n) is 6.95. The van der Waals surface area contributed by atoms with Gasteiger partial charge in [-0.2, -0.15) is 5.10 Å². The largest absolute Gasteiger partial charge is 0.339 e. The number of hydrogen-bond acceptors (Lipinski definition) is 3. The molecule has 3 aromatic rings. The Morgan fingerprint density at radius 1 is 1.24 bits per heavy atom. The second kappa shape index (κ2) is 7.33. The lowest BCUT2D eigenvalue weighted by Gasteiger charge is -2.32. The van der Waals surface area contributed by atoms with E-state index in [1.54, 1.807) is 48.1 Å². The normalized spacial score (nSPS) is 18.1. The molecule has 148 valence electrons. The first kappa shape index (κ1) is 19.1. The number of rotatable bonds is 3. The van der Waals surface area contributed by atoms with Crippen molar-refractivity contribution in [3.8, 4) is 0 Å². The highest BCUT2D eigenvalue weighted by Crippen LogP contribution is 2.39. The quantitative estimate of drug-likeness (QED) is 0.692. The van der Waals surface area contributed by atoms with Gasteiger partial charge in [-0.15, -0.1) is 0 Å². The number of nitrogens with zero attached hydrogens (tertiary/aromatic N) is 2. The van der Waals surface area contributed by atoms with Gasteiger partial charge in [-0.25, -0.2) is 4.39 Å². The monoisotopic (exact) mass is 412 g/mol. The first-order valence-corrected chi connectivity index (χ1v) is 9.39. The number of hydrogen-bond donors (Lipinski definition) is 2. The average Bonchev–Trinajstić information content (AvgIpc) is 2.96. The number of anilines is 1. The van der Waals surface area contributed by atoms with Gasteiger partial charge in [0.1, 0.15) is 17.7 Å². The van der Waals surface area contributed by atoms with Crippen LogP contribution < -0.4 is 10.6 Å². The maximum atomic E-state index is 14.0. The summed E-state index contributed by atoms with van der Waals surface area (Å²) in [6.07, 6.45) is 0. The average molecular weight is 413 g/mol. The molecule has 6 nitrogen and oxygen atoms in total. The number of aromatic nitrogens is 2. The number of nitrogens with one attached hydrogen (secondary N) is 2. The van der Waals surface area contributed by atoms with Crippen molar-refractivity contribution in [1.29, 1.82) is 0 Å². The van der Waals surface area contributed by atoms with E-state index in [1.807, 2.05) is 6.92 Å². The van der Waals surface area contributed by atoms with Gasteiger partial charge in [0.15, 0.2) is 0 Å². The van der Waals surface area contributed by atoms with Gasteiger partial charge in [-0.1, -0.05) is 23.7 Å². The van der Waals surface area contributed by atoms with Crippen molar-refractivity contribution < 1.29 is 14.0 Å². The number of benzene rings is 2. The molecule has 2 unspecified atom stereocenters. The van der Waals surface area contributed by atoms with Crippen molar-refractivity contribution in [2.24, 2.45) is 7.05 Å². The minimum atomic E-state index is -0.935. The van der Waals surface area contributed by atoms with Crippen LogP contribution >= 0.6 is 11.6 Å². The first-order valence-electron chi connectivity index (χ1n) is 9.01. The summed E-state index contributed by atoms with van der Waals surface area (Å²) >= 11 is 5.88. The Morgan fingerprint density at radius 2 is 1.97 bits per heavy atom. The van der Waals surface area contributed by atoms with Gasteiger partial charge in [-0.3, -0.25) is 14.3 Å². The SMILES string of the molecule is Cc1nn(C)c2c1C(c1cccc(F)c1)C(NC(=O)c1ccc(Cl)cc1)C(=O)N2. The fourth-order valence-corrected chi connectivity index (χ4v) is 3.87. The van der Waals surface area contributed by atoms with Gasteiger partial charge in [-0.05, 0) is 48.9 Å². The van der Waals surface area contributed by atoms with E-state index in [0.717, 1.165) is 5.56 Å². The van der Waals surface area contributed by atoms with Gasteiger partial charge < -0.3 is 10.6 Å². The van der Waals surface area contributed by atoms with E-state index in [4.69, 9.17) is 11.6 Å². The van der Waals surface area contributed by atoms with Crippen LogP contribution in [-0.2, 0) is 11.8 Å². The van der Waals surface area contributed by atoms with Crippen LogP contribution in [0.5, 0.6) is 0 Å². The summed E-state index contributed by atoms with van der Waals surface area (Å²) < 4.78 is 15.5. The molecular formula is C21H18ClFN4O2. The van der Waals surface area contributed by atoms with Crippen molar-refractivity contribution in [3.05, 3.63) is 81.8 Å². The molecule has 0 radical (unpaired) electrons. The molecule has 8 heteroatoms. The summed E-state index contributed by atoms with van der Waals surface area (Å²) in [5.41, 5.74) is 2.40. The predicted molar refractivity (Wildman–Crippen MR) is 108 cm³/mol. The van der Waals surface area contributed by atoms with Crippen LogP contribution in [0.3, 0.4) is 0 Å². The van der Waals surface area contributed by atoms with E-state index in [1.165, 1.54) is 12.1 Å². The van der Waals surface area contributed by atoms with Gasteiger partial charge in [0, 0.05) is 29.1 Å². The lowest BCUT2D eigenvalue weighted by molar-refractivity contribution is -0.118. The Bertz CT molecular complexity index is 1110. The van der Waals surface area contributed by atoms with Crippen LogP contribution in [0.2, 0.25) is 5.02 Å². The van der Waals surface area contributed by atoms with E-state index < -0.39 is 29.6 Å². The molecule has 0 spiro atoms. The molecule has 2 amide bonds. The molecule has 0 fully saturated rings. The zero-order valence-corrected chi connectivity index (χ0v) is 16.5. The Kier molecular flexibility index (Phi) is 4.84. The van der Waals surface area contributed by atoms with Crippen molar-refractivity contribution in [2.75, 3.05) is 5.32 Å². The molecule has 2 heterocycles. The number of amides is 2. The number of halogens is 2. The zero-order chi connectivity index (χ0) is 20.7. The van der Waals surface area contributed by atoms with Gasteiger partial charge in [0.05, 0.1) is 5.69 Å². The molecule has 29 heavy (non-hydrogen) atoms. The van der Waals surface area contributed by atoms with Gasteiger partial charge >= 0.3 is 0 Å². The predicted octanol–water partition coefficient (Wildman–Crippen LogP) is 3.40. The third-order valence-corrected chi connectivity index (χ3v) is 5.29. The number of carbonyl (C=O) groups excluding carboxylic acids is 2. The second-order valence-corrected chi connectivity index (χ2v) is 7.39. The van der Waals surface area contributed by atoms with E-state index in [2.05, 4.69) is 15.7 Å². The lowest BCUT2D eigenvalue weighted by Crippen LogP contribution is -2.50. The molecule has 1 aliphatic heterocycles. The Morgan fingerprint density at radius 3 is 2.66 bits per heavy atom. The molecule has 0 bridgehead atoms. The summed E-state index contributed by atoms with van der Waals surface area (Å²) in [5, 5.41) is 10.5. The molecule has 1 aromatic heterocycles. The fourth-order valence-electron chi connectivity index (χ4n) is 3.74. The minimum Gasteiger partial charge on any atom is -0.339 e. The van der Waals surface area contributed by atoms with E-state index in [0.29, 0.717) is 27.7 Å². The highest BCUT2D eigenvalue weighted by atomic mass is 35.5. The van der Waals surface area contributed by atoms with Crippen LogP contribution in [0.1, 0.15) is 33.1 Å². The highest BCUT2D eigenvalue weighted by Gasteiger charge is 2.41. The Hall–Kier alpha value is -3.19. The first-order chi connectivity index (χ1) is 13.8. The van der Waals surface area contributed by atoms with E-state index >= 15 is 0 Å². The molecular weight excluding hydrogens is 395 g/mol. The molecule has 0 saturated heterocycles. The minimum absolute atomic E-state index is 0.369. The molecule has 0 aliphatic carbocycles. The topological polar surface area (TPSA) is 76.0 Å². The number of carbonyl (C=O) groups is 2. The van der Waals surface area contributed by atoms with Crippen LogP contribution in [-0.4, -0.2) is 27.6 Å². The summed E-state index contributed by atoms with van der Waals surface area (Å²) in [4.78, 5) is 25.7. The third-order valence-electron chi connectivity index (χ3n) is 5.04. The van der Waals surface area contributed by atoms with Crippen molar-refractivity contribution in [3.63, 3.8) is 0 Å². The summed E-state index contributed by atoms with van der Waals surface area (Å²) in [6.45, 7) is 1.82. The van der Waals surface area contributed by atoms with Crippen LogP contribution in [0.15, 0.2) is 48.5 Å². The number of aryl methyl sites for hydroxylation is 2. The summed E-state index contributed by atoms with van der Waals surface area (Å²) in [7, 11) is 1.72. The maximum Gasteiger partial charge on any atom is 0.251 e. The van der Waals surface area contributed by atoms with Crippen LogP contribution in [0.25, 0.3) is 0 Å². The van der Waals surface area contributed by atoms with Crippen LogP contribution in [0, 0.1) is 12.7 Å². The Labute approximate surface area is 171 Å². The van der Waals surface area contributed by atoms with Crippen molar-refractivity contribution >= 4 is 29.2 Å². The van der Waals surface area contributed by atoms with Crippen LogP contribution in [0.4, 0.5) is 10.2 Å².